The van der Waals surface area contributed by atoms with E-state index in [-0.39, 0.29) is 93.9 Å². The van der Waals surface area contributed by atoms with E-state index in [9.17, 15) is 27.2 Å². The van der Waals surface area contributed by atoms with Crippen LogP contribution >= 0.6 is 0 Å². The minimum atomic E-state index is -0.928. The molecule has 0 atom stereocenters. The molecule has 0 N–H and O–H groups in total. The minimum absolute atomic E-state index is 0.00775. The van der Waals surface area contributed by atoms with Crippen LogP contribution in [0, 0.1) is 11.3 Å². The Morgan fingerprint density at radius 3 is 1.22 bits per heavy atom. The van der Waals surface area contributed by atoms with E-state index in [0.717, 1.165) is 55.2 Å². The number of para-hydroxylation sites is 4. The van der Waals surface area contributed by atoms with Gasteiger partial charge in [-0.1, -0.05) is 235 Å². The lowest BCUT2D eigenvalue weighted by molar-refractivity contribution is 0.590. The molecular formula is C93H69BN6. The molecule has 474 valence electrons. The Bertz CT molecular complexity index is 7290. The van der Waals surface area contributed by atoms with Gasteiger partial charge in [-0.05, 0) is 187 Å². The monoisotopic (exact) mass is 1300 g/mol. The molecule has 5 heterocycles. The molecule has 100 heavy (non-hydrogen) atoms. The van der Waals surface area contributed by atoms with Gasteiger partial charge < -0.3 is 23.5 Å². The molecule has 0 unspecified atom stereocenters. The van der Waals surface area contributed by atoms with Gasteiger partial charge in [0.25, 0.3) is 6.71 Å². The topological polar surface area (TPSA) is 45.1 Å². The zero-order chi connectivity index (χ0) is 85.6. The smallest absolute Gasteiger partial charge is 0.252 e. The standard InChI is InChI=1S/C93H69BN6/c1-92(2,3)66-39-44-85-77(52-66)78-53-67(93(4,5)6)40-45-86(78)96(85)68-41-43-80-88(55-68)99(70-47-59(58-95)46-69(54-70)97-81-34-20-16-30-73(81)74-31-17-21-35-82(74)97)89-56-72(98-83-36-22-18-32-75(83)76-33-19-23-37-84(76)98)57-90-91(89)94(80)79-42-38-63(60-24-10-7-11-25-60)51-87(79)100(90)71-49-64(61-26-12-8-13-27-61)48-65(50-71)62-28-14-9-15-29-62/h7-57H,1-6H3/i7D,10D,11D,16D,17D,18D,19D,20D,21D,22D,23D,24D,25D,30D,31D,32D,33D,34D,35D,36D,37D. The molecule has 0 saturated carbocycles. The third kappa shape index (κ3) is 9.24. The van der Waals surface area contributed by atoms with Gasteiger partial charge in [0.15, 0.2) is 0 Å². The highest BCUT2D eigenvalue weighted by Gasteiger charge is 2.45. The zero-order valence-corrected chi connectivity index (χ0v) is 55.1. The first-order valence-corrected chi connectivity index (χ1v) is 33.1. The molecule has 19 rings (SSSR count). The van der Waals surface area contributed by atoms with Crippen LogP contribution in [0.2, 0.25) is 0 Å². The molecule has 0 fully saturated rings. The fourth-order valence-electron chi connectivity index (χ4n) is 15.2. The van der Waals surface area contributed by atoms with E-state index in [1.165, 1.54) is 15.2 Å². The Hall–Kier alpha value is -12.4. The van der Waals surface area contributed by atoms with E-state index in [2.05, 4.69) is 94.6 Å². The minimum Gasteiger partial charge on any atom is -0.311 e. The van der Waals surface area contributed by atoms with Crippen molar-refractivity contribution < 1.29 is 28.8 Å². The quantitative estimate of drug-likeness (QED) is 0.142. The van der Waals surface area contributed by atoms with E-state index in [0.29, 0.717) is 44.8 Å². The summed E-state index contributed by atoms with van der Waals surface area (Å²) in [5.41, 5.74) is 10.1. The fourth-order valence-corrected chi connectivity index (χ4v) is 15.2. The van der Waals surface area contributed by atoms with Crippen LogP contribution < -0.4 is 26.2 Å². The summed E-state index contributed by atoms with van der Waals surface area (Å²) in [6.45, 7) is 12.0. The van der Waals surface area contributed by atoms with Gasteiger partial charge in [0.1, 0.15) is 0 Å². The van der Waals surface area contributed by atoms with Crippen molar-refractivity contribution >= 4 is 123 Å². The first-order chi connectivity index (χ1) is 57.5. The number of anilines is 6. The van der Waals surface area contributed by atoms with Gasteiger partial charge in [0.2, 0.25) is 0 Å². The predicted molar refractivity (Wildman–Crippen MR) is 422 cm³/mol. The highest BCUT2D eigenvalue weighted by atomic mass is 15.2. The molecule has 0 radical (unpaired) electrons. The maximum atomic E-state index is 11.8. The van der Waals surface area contributed by atoms with E-state index in [1.54, 1.807) is 36.4 Å². The van der Waals surface area contributed by atoms with Gasteiger partial charge in [-0.2, -0.15) is 5.26 Å². The Kier molecular flexibility index (Phi) is 9.16. The fraction of sp³-hybridized carbons (Fsp3) is 0.0860. The van der Waals surface area contributed by atoms with Crippen LogP contribution in [-0.2, 0) is 10.8 Å². The molecule has 2 aliphatic heterocycles. The zero-order valence-electron chi connectivity index (χ0n) is 76.1. The van der Waals surface area contributed by atoms with Crippen molar-refractivity contribution in [3.63, 3.8) is 0 Å². The van der Waals surface area contributed by atoms with Gasteiger partial charge in [-0.15, -0.1) is 0 Å². The number of hydrogen-bond acceptors (Lipinski definition) is 3. The van der Waals surface area contributed by atoms with Crippen LogP contribution in [0.3, 0.4) is 0 Å². The Morgan fingerprint density at radius 2 is 0.730 bits per heavy atom. The number of nitrogens with zero attached hydrogens (tertiary/aromatic N) is 6. The summed E-state index contributed by atoms with van der Waals surface area (Å²) in [5, 5.41) is 12.8. The normalized spacial score (nSPS) is 15.8. The first-order valence-electron chi connectivity index (χ1n) is 43.6. The third-order valence-electron chi connectivity index (χ3n) is 19.8. The van der Waals surface area contributed by atoms with Crippen LogP contribution in [0.5, 0.6) is 0 Å². The molecular weight excluding hydrogens is 1210 g/mol. The molecule has 2 aliphatic rings. The summed E-state index contributed by atoms with van der Waals surface area (Å²) < 4.78 is 203. The number of nitriles is 1. The lowest BCUT2D eigenvalue weighted by Gasteiger charge is -2.45. The second-order valence-electron chi connectivity index (χ2n) is 27.7. The van der Waals surface area contributed by atoms with Crippen LogP contribution in [0.25, 0.3) is 116 Å². The van der Waals surface area contributed by atoms with Crippen molar-refractivity contribution in [1.29, 1.82) is 5.26 Å². The molecule has 0 spiro atoms. The van der Waals surface area contributed by atoms with Crippen molar-refractivity contribution in [2.75, 3.05) is 9.80 Å². The number of hydrogen-bond donors (Lipinski definition) is 0. The molecule has 14 aromatic carbocycles. The summed E-state index contributed by atoms with van der Waals surface area (Å²) in [7, 11) is 0. The van der Waals surface area contributed by atoms with E-state index < -0.39 is 134 Å². The number of fused-ring (bicyclic) bond motifs is 13. The SMILES string of the molecule is [2H]c1c([2H])c([2H])c(-c2ccc3c(c2)N(c2cc(-c4ccccc4)cc(-c4ccccc4)c2)c2cc(-n4c5c([2H])c([2H])c([2H])c([2H])c5c5c([2H])c([2H])c([2H])c([2H])c54)cc4c2B3c2ccc(-n3c5ccc(C(C)(C)C)cc5c5cc(C(C)(C)C)ccc53)cc2N4c2cc(C#N)cc(-n3c4c([2H])c([2H])c([2H])c([2H])c4c4c([2H])c([2H])c([2H])c([2H])c43)c2)c([2H])c1[2H]. The second kappa shape index (κ2) is 22.3. The van der Waals surface area contributed by atoms with Gasteiger partial charge in [0.05, 0.1) is 79.2 Å². The maximum Gasteiger partial charge on any atom is 0.252 e. The van der Waals surface area contributed by atoms with Crippen molar-refractivity contribution in [1.82, 2.24) is 13.7 Å². The third-order valence-corrected chi connectivity index (χ3v) is 19.8. The van der Waals surface area contributed by atoms with Crippen molar-refractivity contribution in [3.05, 3.63) is 326 Å². The van der Waals surface area contributed by atoms with Gasteiger partial charge in [-0.3, -0.25) is 0 Å². The number of rotatable bonds is 8. The average molecular weight is 1300 g/mol. The lowest BCUT2D eigenvalue weighted by atomic mass is 9.33. The maximum absolute atomic E-state index is 11.8. The Morgan fingerprint density at radius 1 is 0.310 bits per heavy atom. The largest absolute Gasteiger partial charge is 0.311 e. The van der Waals surface area contributed by atoms with Gasteiger partial charge in [0, 0.05) is 77.8 Å². The number of aromatic nitrogens is 3. The molecule has 0 bridgehead atoms. The number of benzene rings is 14. The molecule has 0 aliphatic carbocycles. The van der Waals surface area contributed by atoms with Crippen molar-refractivity contribution in [3.8, 4) is 56.5 Å². The van der Waals surface area contributed by atoms with Crippen LogP contribution in [0.1, 0.15) is 87.0 Å². The van der Waals surface area contributed by atoms with Crippen molar-refractivity contribution in [2.45, 2.75) is 52.4 Å². The van der Waals surface area contributed by atoms with Crippen LogP contribution in [0.15, 0.2) is 309 Å². The summed E-state index contributed by atoms with van der Waals surface area (Å²) in [6, 6.07) is 47.6. The van der Waals surface area contributed by atoms with Crippen LogP contribution in [0.4, 0.5) is 34.1 Å². The summed E-state index contributed by atoms with van der Waals surface area (Å²) >= 11 is 0. The summed E-state index contributed by atoms with van der Waals surface area (Å²) in [5.74, 6) is 0. The second-order valence-corrected chi connectivity index (χ2v) is 27.7. The average Bonchev–Trinajstić information content (AvgIpc) is 1.72. The molecule has 7 heteroatoms. The molecule has 3 aromatic heterocycles. The Labute approximate surface area is 612 Å². The summed E-state index contributed by atoms with van der Waals surface area (Å²) in [4.78, 5) is 3.88. The van der Waals surface area contributed by atoms with Gasteiger partial charge >= 0.3 is 0 Å². The molecule has 0 saturated heterocycles. The van der Waals surface area contributed by atoms with E-state index in [1.807, 2.05) is 107 Å². The highest BCUT2D eigenvalue weighted by molar-refractivity contribution is 7.00. The lowest BCUT2D eigenvalue weighted by Crippen LogP contribution is -2.61. The molecule has 6 nitrogen and oxygen atoms in total. The van der Waals surface area contributed by atoms with E-state index in [4.69, 9.17) is 6.85 Å². The summed E-state index contributed by atoms with van der Waals surface area (Å²) in [6.07, 6.45) is 0. The predicted octanol–water partition coefficient (Wildman–Crippen LogP) is 22.5. The van der Waals surface area contributed by atoms with Crippen LogP contribution in [-0.4, -0.2) is 20.4 Å². The Balaban J connectivity index is 1.03. The van der Waals surface area contributed by atoms with E-state index >= 15 is 0 Å². The molecule has 17 aromatic rings. The molecule has 0 amide bonds. The van der Waals surface area contributed by atoms with Gasteiger partial charge in [-0.25, -0.2) is 0 Å². The first kappa shape index (κ1) is 41.0. The highest BCUT2D eigenvalue weighted by Crippen LogP contribution is 2.50. The van der Waals surface area contributed by atoms with Crippen molar-refractivity contribution in [2.24, 2.45) is 0 Å².